The molecule has 0 fully saturated rings. The van der Waals surface area contributed by atoms with Crippen molar-refractivity contribution >= 4 is 26.4 Å². The lowest BCUT2D eigenvalue weighted by Crippen LogP contribution is -2.30. The van der Waals surface area contributed by atoms with Crippen LogP contribution in [0.1, 0.15) is 29.7 Å². The van der Waals surface area contributed by atoms with Crippen molar-refractivity contribution in [1.82, 2.24) is 29.2 Å². The zero-order valence-corrected chi connectivity index (χ0v) is 18.1. The van der Waals surface area contributed by atoms with E-state index in [2.05, 4.69) is 71.8 Å². The first kappa shape index (κ1) is 23.6. The van der Waals surface area contributed by atoms with Crippen LogP contribution < -0.4 is 21.7 Å². The van der Waals surface area contributed by atoms with Crippen molar-refractivity contribution in [3.63, 3.8) is 0 Å². The van der Waals surface area contributed by atoms with Gasteiger partial charge in [-0.15, -0.1) is 0 Å². The third-order valence-electron chi connectivity index (χ3n) is 4.29. The maximum Gasteiger partial charge on any atom is 0.307 e. The van der Waals surface area contributed by atoms with E-state index >= 15 is 0 Å². The Morgan fingerprint density at radius 3 is 1.90 bits per heavy atom. The van der Waals surface area contributed by atoms with Crippen LogP contribution in [-0.4, -0.2) is 40.9 Å². The van der Waals surface area contributed by atoms with E-state index in [9.17, 15) is 0 Å². The number of imidazole rings is 2. The summed E-state index contributed by atoms with van der Waals surface area (Å²) < 4.78 is 4.25. The second kappa shape index (κ2) is 12.1. The van der Waals surface area contributed by atoms with E-state index in [0.29, 0.717) is 0 Å². The van der Waals surface area contributed by atoms with E-state index in [4.69, 9.17) is 0 Å². The fraction of sp³-hybridized carbons (Fsp3) is 0.300. The van der Waals surface area contributed by atoms with Crippen molar-refractivity contribution in [2.45, 2.75) is 33.7 Å². The molecule has 8 nitrogen and oxygen atoms in total. The molecule has 6 N–H and O–H groups in total. The molecule has 10 heteroatoms. The van der Waals surface area contributed by atoms with Crippen LogP contribution in [-0.2, 0) is 13.0 Å². The van der Waals surface area contributed by atoms with Crippen LogP contribution >= 0.6 is 0 Å². The summed E-state index contributed by atoms with van der Waals surface area (Å²) in [5, 5.41) is 6.10. The number of rotatable bonds is 5. The smallest absolute Gasteiger partial charge is 0.307 e. The van der Waals surface area contributed by atoms with E-state index in [0.717, 1.165) is 43.2 Å². The summed E-state index contributed by atoms with van der Waals surface area (Å²) in [4.78, 5) is 8.80. The molecule has 4 rings (SSSR count). The summed E-state index contributed by atoms with van der Waals surface area (Å²) in [6, 6.07) is 12.3. The van der Waals surface area contributed by atoms with Crippen LogP contribution in [0.2, 0.25) is 0 Å². The van der Waals surface area contributed by atoms with Gasteiger partial charge < -0.3 is 30.5 Å². The molecule has 30 heavy (non-hydrogen) atoms. The van der Waals surface area contributed by atoms with Crippen molar-refractivity contribution in [1.29, 1.82) is 0 Å². The molecule has 0 aliphatic rings. The van der Waals surface area contributed by atoms with Crippen LogP contribution in [0.15, 0.2) is 48.8 Å². The largest absolute Gasteiger partial charge is 0.360 e. The normalized spacial score (nSPS) is 10.2. The fourth-order valence-electron chi connectivity index (χ4n) is 3.07. The van der Waals surface area contributed by atoms with E-state index < -0.39 is 0 Å². The van der Waals surface area contributed by atoms with Gasteiger partial charge >= 0.3 is 15.1 Å². The van der Waals surface area contributed by atoms with Gasteiger partial charge in [0.15, 0.2) is 0 Å². The van der Waals surface area contributed by atoms with Crippen molar-refractivity contribution < 1.29 is 0 Å². The Morgan fingerprint density at radius 1 is 0.900 bits per heavy atom. The lowest BCUT2D eigenvalue weighted by atomic mass is 10.2. The van der Waals surface area contributed by atoms with Gasteiger partial charge in [0, 0.05) is 30.3 Å². The summed E-state index contributed by atoms with van der Waals surface area (Å²) in [7, 11) is 4.69. The van der Waals surface area contributed by atoms with Crippen LogP contribution in [0.5, 0.6) is 0 Å². The van der Waals surface area contributed by atoms with Crippen molar-refractivity contribution in [3.8, 4) is 0 Å². The van der Waals surface area contributed by atoms with E-state index in [1.807, 2.05) is 52.8 Å². The van der Waals surface area contributed by atoms with Crippen molar-refractivity contribution in [2.24, 2.45) is 11.3 Å². The first-order valence-corrected chi connectivity index (χ1v) is 9.88. The number of aryl methyl sites for hydroxylation is 3. The lowest BCUT2D eigenvalue weighted by molar-refractivity contribution is 0.860. The maximum atomic E-state index is 4.50. The summed E-state index contributed by atoms with van der Waals surface area (Å²) in [5.41, 5.74) is 15.7. The Bertz CT molecular complexity index is 1040. The number of hydrogen-bond acceptors (Lipinski definition) is 6. The third kappa shape index (κ3) is 6.43. The second-order valence-electron chi connectivity index (χ2n) is 6.62. The van der Waals surface area contributed by atoms with Gasteiger partial charge in [0.1, 0.15) is 11.3 Å². The minimum atomic E-state index is 0.786. The summed E-state index contributed by atoms with van der Waals surface area (Å²) in [6.45, 7) is 6.97. The lowest BCUT2D eigenvalue weighted by Gasteiger charge is -2.05. The molecule has 0 bridgehead atoms. The van der Waals surface area contributed by atoms with Crippen LogP contribution in [0.4, 0.5) is 0 Å². The standard InChI is InChI=1S/C10H14BN4.C10H12N2.BH4N2/c1-8-7-15-9(6-13-11-12-2)4-3-5-10(15)14-8;1-3-9-5-4-6-10-11-8(2)7-12(9)10;2-1-3/h3-5,7,12-13H,6H2,1-2H3;4-7H,3H2,1-2H3;2-3H2. The van der Waals surface area contributed by atoms with Crippen LogP contribution in [0.3, 0.4) is 0 Å². The average Bonchev–Trinajstić information content (AvgIpc) is 3.30. The summed E-state index contributed by atoms with van der Waals surface area (Å²) in [6.07, 6.45) is 5.17. The molecule has 0 aliphatic carbocycles. The number of fused-ring (bicyclic) bond motifs is 2. The molecule has 0 spiro atoms. The second-order valence-corrected chi connectivity index (χ2v) is 6.62. The van der Waals surface area contributed by atoms with Gasteiger partial charge in [-0.2, -0.15) is 0 Å². The number of nitrogens with zero attached hydrogens (tertiary/aromatic N) is 4. The molecular formula is C20H30B2N8. The Morgan fingerprint density at radius 2 is 1.40 bits per heavy atom. The predicted octanol–water partition coefficient (Wildman–Crippen LogP) is 1.13. The third-order valence-corrected chi connectivity index (χ3v) is 4.29. The molecule has 0 amide bonds. The van der Waals surface area contributed by atoms with Gasteiger partial charge in [-0.1, -0.05) is 19.1 Å². The minimum absolute atomic E-state index is 0.786. The van der Waals surface area contributed by atoms with Gasteiger partial charge in [-0.25, -0.2) is 9.97 Å². The fourth-order valence-corrected chi connectivity index (χ4v) is 3.07. The number of aromatic nitrogens is 4. The van der Waals surface area contributed by atoms with E-state index in [1.165, 1.54) is 11.4 Å². The van der Waals surface area contributed by atoms with Gasteiger partial charge in [-0.05, 0) is 51.6 Å². The number of hydrogen-bond donors (Lipinski definition) is 4. The highest BCUT2D eigenvalue weighted by Gasteiger charge is 2.02. The molecule has 0 unspecified atom stereocenters. The average molecular weight is 404 g/mol. The highest BCUT2D eigenvalue weighted by molar-refractivity contribution is 6.28. The Balaban J connectivity index is 0.000000193. The zero-order valence-electron chi connectivity index (χ0n) is 18.1. The molecule has 4 heterocycles. The summed E-state index contributed by atoms with van der Waals surface area (Å²) >= 11 is 0. The quantitative estimate of drug-likeness (QED) is 0.293. The van der Waals surface area contributed by atoms with E-state index in [-0.39, 0.29) is 0 Å². The SMILES string of the molecule is CCc1cccc2nc(C)cn12.CN[B]NCc1cccc2nc(C)cn12.N[B]N. The number of pyridine rings is 2. The number of nitrogens with one attached hydrogen (secondary N) is 2. The van der Waals surface area contributed by atoms with Gasteiger partial charge in [0.05, 0.1) is 11.4 Å². The molecular weight excluding hydrogens is 374 g/mol. The van der Waals surface area contributed by atoms with Crippen molar-refractivity contribution in [3.05, 3.63) is 71.6 Å². The number of nitrogens with two attached hydrogens (primary N) is 2. The van der Waals surface area contributed by atoms with Crippen LogP contribution in [0, 0.1) is 13.8 Å². The first-order chi connectivity index (χ1) is 14.5. The molecule has 0 aliphatic heterocycles. The van der Waals surface area contributed by atoms with E-state index in [1.54, 1.807) is 0 Å². The highest BCUT2D eigenvalue weighted by atomic mass is 15.0. The Hall–Kier alpha value is -2.65. The van der Waals surface area contributed by atoms with Gasteiger partial charge in [-0.3, -0.25) is 0 Å². The van der Waals surface area contributed by atoms with Crippen molar-refractivity contribution in [2.75, 3.05) is 7.05 Å². The summed E-state index contributed by atoms with van der Waals surface area (Å²) in [5.74, 6) is 0. The molecule has 0 saturated carbocycles. The van der Waals surface area contributed by atoms with Gasteiger partial charge in [0.2, 0.25) is 0 Å². The Labute approximate surface area is 179 Å². The molecule has 4 aromatic rings. The minimum Gasteiger partial charge on any atom is -0.360 e. The molecule has 2 radical (unpaired) electrons. The monoisotopic (exact) mass is 404 g/mol. The molecule has 156 valence electrons. The molecule has 0 saturated heterocycles. The van der Waals surface area contributed by atoms with Gasteiger partial charge in [0.25, 0.3) is 0 Å². The van der Waals surface area contributed by atoms with Crippen LogP contribution in [0.25, 0.3) is 11.3 Å². The zero-order chi connectivity index (χ0) is 21.9. The topological polar surface area (TPSA) is 111 Å². The molecule has 4 aromatic heterocycles. The maximum absolute atomic E-state index is 4.50. The molecule has 0 aromatic carbocycles. The highest BCUT2D eigenvalue weighted by Crippen LogP contribution is 2.09. The Kier molecular flexibility index (Phi) is 9.56. The predicted molar refractivity (Wildman–Crippen MR) is 125 cm³/mol. The first-order valence-electron chi connectivity index (χ1n) is 9.88. The molecule has 0 atom stereocenters.